The van der Waals surface area contributed by atoms with Gasteiger partial charge in [0.25, 0.3) is 5.91 Å². The largest absolute Gasteiger partial charge is 0.325 e. The summed E-state index contributed by atoms with van der Waals surface area (Å²) in [6.07, 6.45) is 3.44. The summed E-state index contributed by atoms with van der Waals surface area (Å²) in [5.74, 6) is -0.0963. The standard InChI is InChI=1S/C23H29N5O3/c1-22(2,3)16-7-5-15(6-8-16)13-28-18(11-12-24-28)25-19(29)14-27-20(30)23(4,17-9-10-17)26-21(27)31/h5-8,11-12,17H,9-10,13-14H2,1-4H3,(H,25,29)(H,26,31). The van der Waals surface area contributed by atoms with E-state index in [9.17, 15) is 14.4 Å². The van der Waals surface area contributed by atoms with Crippen molar-refractivity contribution in [2.75, 3.05) is 11.9 Å². The van der Waals surface area contributed by atoms with E-state index in [2.05, 4.69) is 60.8 Å². The molecule has 31 heavy (non-hydrogen) atoms. The van der Waals surface area contributed by atoms with E-state index in [1.54, 1.807) is 23.9 Å². The quantitative estimate of drug-likeness (QED) is 0.699. The van der Waals surface area contributed by atoms with Crippen molar-refractivity contribution in [3.8, 4) is 0 Å². The SMILES string of the molecule is CC(C)(C)c1ccc(Cn2nccc2NC(=O)CN2C(=O)NC(C)(C3CC3)C2=O)cc1. The van der Waals surface area contributed by atoms with Gasteiger partial charge in [0.2, 0.25) is 5.91 Å². The first-order valence-corrected chi connectivity index (χ1v) is 10.6. The predicted molar refractivity (Wildman–Crippen MR) is 116 cm³/mol. The number of amides is 4. The minimum atomic E-state index is -0.891. The summed E-state index contributed by atoms with van der Waals surface area (Å²) in [4.78, 5) is 38.6. The van der Waals surface area contributed by atoms with Gasteiger partial charge in [-0.2, -0.15) is 5.10 Å². The molecular formula is C23H29N5O3. The lowest BCUT2D eigenvalue weighted by atomic mass is 9.87. The minimum absolute atomic E-state index is 0.0816. The van der Waals surface area contributed by atoms with Gasteiger partial charge >= 0.3 is 6.03 Å². The topological polar surface area (TPSA) is 96.3 Å². The van der Waals surface area contributed by atoms with Gasteiger partial charge in [0, 0.05) is 6.07 Å². The van der Waals surface area contributed by atoms with Gasteiger partial charge in [0.1, 0.15) is 17.9 Å². The molecule has 1 aromatic carbocycles. The highest BCUT2D eigenvalue weighted by molar-refractivity contribution is 6.10. The molecule has 1 aromatic heterocycles. The maximum absolute atomic E-state index is 12.7. The van der Waals surface area contributed by atoms with Gasteiger partial charge in [-0.25, -0.2) is 9.48 Å². The van der Waals surface area contributed by atoms with E-state index >= 15 is 0 Å². The third-order valence-corrected chi connectivity index (χ3v) is 6.13. The van der Waals surface area contributed by atoms with E-state index in [1.807, 2.05) is 0 Å². The number of urea groups is 1. The summed E-state index contributed by atoms with van der Waals surface area (Å²) in [6.45, 7) is 8.42. The molecule has 4 rings (SSSR count). The number of nitrogens with zero attached hydrogens (tertiary/aromatic N) is 3. The Hall–Kier alpha value is -3.16. The number of nitrogens with one attached hydrogen (secondary N) is 2. The van der Waals surface area contributed by atoms with E-state index in [0.29, 0.717) is 12.4 Å². The van der Waals surface area contributed by atoms with Crippen LogP contribution >= 0.6 is 0 Å². The lowest BCUT2D eigenvalue weighted by molar-refractivity contribution is -0.134. The van der Waals surface area contributed by atoms with Gasteiger partial charge in [-0.15, -0.1) is 0 Å². The normalized spacial score (nSPS) is 21.4. The Balaban J connectivity index is 1.40. The van der Waals surface area contributed by atoms with Crippen LogP contribution < -0.4 is 10.6 Å². The van der Waals surface area contributed by atoms with Gasteiger partial charge in [0.15, 0.2) is 0 Å². The second-order valence-electron chi connectivity index (χ2n) is 9.67. The third kappa shape index (κ3) is 4.19. The number of carbonyl (C=O) groups excluding carboxylic acids is 3. The molecule has 0 radical (unpaired) electrons. The number of benzene rings is 1. The fourth-order valence-corrected chi connectivity index (χ4v) is 3.97. The highest BCUT2D eigenvalue weighted by Gasteiger charge is 2.56. The van der Waals surface area contributed by atoms with Crippen LogP contribution in [0.2, 0.25) is 0 Å². The van der Waals surface area contributed by atoms with Gasteiger partial charge in [-0.05, 0) is 42.2 Å². The first kappa shape index (κ1) is 21.1. The number of aromatic nitrogens is 2. The number of anilines is 1. The molecule has 8 nitrogen and oxygen atoms in total. The van der Waals surface area contributed by atoms with E-state index in [4.69, 9.17) is 0 Å². The number of rotatable bonds is 6. The molecule has 2 aromatic rings. The average molecular weight is 424 g/mol. The fraction of sp³-hybridized carbons (Fsp3) is 0.478. The van der Waals surface area contributed by atoms with Crippen LogP contribution in [0, 0.1) is 5.92 Å². The lowest BCUT2D eigenvalue weighted by Gasteiger charge is -2.20. The molecule has 1 aliphatic carbocycles. The van der Waals surface area contributed by atoms with Crippen LogP contribution in [0.4, 0.5) is 10.6 Å². The Morgan fingerprint density at radius 2 is 1.87 bits per heavy atom. The summed E-state index contributed by atoms with van der Waals surface area (Å²) in [5.41, 5.74) is 1.50. The number of carbonyl (C=O) groups is 3. The Morgan fingerprint density at radius 3 is 2.48 bits per heavy atom. The number of hydrogen-bond acceptors (Lipinski definition) is 4. The Morgan fingerprint density at radius 1 is 1.19 bits per heavy atom. The van der Waals surface area contributed by atoms with Gasteiger partial charge < -0.3 is 10.6 Å². The van der Waals surface area contributed by atoms with Crippen LogP contribution in [0.3, 0.4) is 0 Å². The van der Waals surface area contributed by atoms with Crippen molar-refractivity contribution in [1.82, 2.24) is 20.0 Å². The molecule has 1 saturated carbocycles. The van der Waals surface area contributed by atoms with Gasteiger partial charge in [0.05, 0.1) is 12.7 Å². The monoisotopic (exact) mass is 423 g/mol. The second-order valence-corrected chi connectivity index (χ2v) is 9.67. The average Bonchev–Trinajstić information content (AvgIpc) is 3.44. The van der Waals surface area contributed by atoms with Crippen molar-refractivity contribution in [2.24, 2.45) is 5.92 Å². The van der Waals surface area contributed by atoms with Crippen molar-refractivity contribution in [3.05, 3.63) is 47.7 Å². The molecule has 2 heterocycles. The van der Waals surface area contributed by atoms with Crippen LogP contribution in [0.1, 0.15) is 51.7 Å². The summed E-state index contributed by atoms with van der Waals surface area (Å²) >= 11 is 0. The fourth-order valence-electron chi connectivity index (χ4n) is 3.97. The zero-order valence-corrected chi connectivity index (χ0v) is 18.4. The molecule has 2 aliphatic rings. The Bertz CT molecular complexity index is 1020. The van der Waals surface area contributed by atoms with E-state index in [-0.39, 0.29) is 23.8 Å². The molecular weight excluding hydrogens is 394 g/mol. The predicted octanol–water partition coefficient (Wildman–Crippen LogP) is 2.89. The molecule has 0 bridgehead atoms. The third-order valence-electron chi connectivity index (χ3n) is 6.13. The maximum Gasteiger partial charge on any atom is 0.325 e. The smallest absolute Gasteiger partial charge is 0.323 e. The maximum atomic E-state index is 12.7. The Kier molecular flexibility index (Phi) is 5.11. The van der Waals surface area contributed by atoms with Crippen molar-refractivity contribution < 1.29 is 14.4 Å². The van der Waals surface area contributed by atoms with Crippen molar-refractivity contribution in [3.63, 3.8) is 0 Å². The number of hydrogen-bond donors (Lipinski definition) is 2. The van der Waals surface area contributed by atoms with E-state index < -0.39 is 17.5 Å². The summed E-state index contributed by atoms with van der Waals surface area (Å²) in [6, 6.07) is 9.50. The summed E-state index contributed by atoms with van der Waals surface area (Å²) in [7, 11) is 0. The van der Waals surface area contributed by atoms with E-state index in [0.717, 1.165) is 23.3 Å². The molecule has 8 heteroatoms. The van der Waals surface area contributed by atoms with Crippen molar-refractivity contribution in [1.29, 1.82) is 0 Å². The molecule has 1 atom stereocenters. The summed E-state index contributed by atoms with van der Waals surface area (Å²) in [5, 5.41) is 9.82. The second kappa shape index (κ2) is 7.51. The zero-order chi connectivity index (χ0) is 22.4. The molecule has 1 unspecified atom stereocenters. The van der Waals surface area contributed by atoms with Crippen LogP contribution in [-0.2, 0) is 21.5 Å². The van der Waals surface area contributed by atoms with Gasteiger partial charge in [-0.1, -0.05) is 45.0 Å². The molecule has 2 fully saturated rings. The lowest BCUT2D eigenvalue weighted by Crippen LogP contribution is -2.46. The molecule has 1 saturated heterocycles. The first-order chi connectivity index (χ1) is 14.6. The molecule has 2 N–H and O–H groups in total. The van der Waals surface area contributed by atoms with Crippen molar-refractivity contribution in [2.45, 2.75) is 58.0 Å². The Labute approximate surface area is 182 Å². The van der Waals surface area contributed by atoms with E-state index in [1.165, 1.54) is 5.56 Å². The van der Waals surface area contributed by atoms with Gasteiger partial charge in [-0.3, -0.25) is 14.5 Å². The minimum Gasteiger partial charge on any atom is -0.323 e. The van der Waals surface area contributed by atoms with Crippen LogP contribution in [0.15, 0.2) is 36.5 Å². The molecule has 4 amide bonds. The number of imide groups is 1. The van der Waals surface area contributed by atoms with Crippen LogP contribution in [-0.4, -0.2) is 44.6 Å². The summed E-state index contributed by atoms with van der Waals surface area (Å²) < 4.78 is 1.68. The molecule has 0 spiro atoms. The van der Waals surface area contributed by atoms with Crippen LogP contribution in [0.25, 0.3) is 0 Å². The first-order valence-electron chi connectivity index (χ1n) is 10.6. The highest BCUT2D eigenvalue weighted by Crippen LogP contribution is 2.42. The van der Waals surface area contributed by atoms with Crippen molar-refractivity contribution >= 4 is 23.7 Å². The zero-order valence-electron chi connectivity index (χ0n) is 18.4. The highest BCUT2D eigenvalue weighted by atomic mass is 16.2. The molecule has 164 valence electrons. The molecule has 1 aliphatic heterocycles. The van der Waals surface area contributed by atoms with Crippen LogP contribution in [0.5, 0.6) is 0 Å².